The van der Waals surface area contributed by atoms with Crippen LogP contribution in [0.2, 0.25) is 5.02 Å². The monoisotopic (exact) mass is 436 g/mol. The van der Waals surface area contributed by atoms with E-state index in [2.05, 4.69) is 10.3 Å². The maximum atomic E-state index is 12.8. The van der Waals surface area contributed by atoms with E-state index in [1.165, 1.54) is 0 Å². The number of piperazine rings is 1. The number of hydrogen-bond donors (Lipinski definition) is 1. The topological polar surface area (TPSA) is 101 Å². The number of benzene rings is 1. The molecule has 0 aliphatic carbocycles. The van der Waals surface area contributed by atoms with Gasteiger partial charge in [0.05, 0.1) is 13.2 Å². The second-order valence-electron chi connectivity index (χ2n) is 6.84. The number of amides is 2. The summed E-state index contributed by atoms with van der Waals surface area (Å²) in [6.45, 7) is 5.79. The molecule has 2 atom stereocenters. The summed E-state index contributed by atoms with van der Waals surface area (Å²) in [7, 11) is 0. The Balaban J connectivity index is 1.82. The van der Waals surface area contributed by atoms with Crippen LogP contribution in [-0.4, -0.2) is 73.1 Å². The molecule has 2 aliphatic heterocycles. The predicted octanol–water partition coefficient (Wildman–Crippen LogP) is 1.82. The molecule has 0 radical (unpaired) electrons. The Labute approximate surface area is 180 Å². The molecule has 0 saturated carbocycles. The number of carbonyl (C=O) groups is 3. The molecule has 1 N–H and O–H groups in total. The van der Waals surface area contributed by atoms with E-state index < -0.39 is 23.8 Å². The predicted molar refractivity (Wildman–Crippen MR) is 110 cm³/mol. The molecule has 0 bridgehead atoms. The second kappa shape index (κ2) is 9.80. The van der Waals surface area contributed by atoms with Crippen LogP contribution in [0.3, 0.4) is 0 Å². The lowest BCUT2D eigenvalue weighted by atomic mass is 9.91. The lowest BCUT2D eigenvalue weighted by molar-refractivity contribution is -0.153. The Morgan fingerprint density at radius 1 is 1.10 bits per heavy atom. The molecule has 0 spiro atoms. The van der Waals surface area contributed by atoms with E-state index in [-0.39, 0.29) is 12.7 Å². The van der Waals surface area contributed by atoms with Gasteiger partial charge in [-0.2, -0.15) is 0 Å². The Morgan fingerprint density at radius 2 is 1.73 bits per heavy atom. The number of guanidine groups is 1. The summed E-state index contributed by atoms with van der Waals surface area (Å²) in [6, 6.07) is 6.15. The van der Waals surface area contributed by atoms with Gasteiger partial charge < -0.3 is 19.3 Å². The summed E-state index contributed by atoms with van der Waals surface area (Å²) in [6.07, 6.45) is -0.354. The fraction of sp³-hybridized carbons (Fsp3) is 0.500. The molecular weight excluding hydrogens is 412 g/mol. The largest absolute Gasteiger partial charge is 0.465 e. The van der Waals surface area contributed by atoms with Gasteiger partial charge in [-0.25, -0.2) is 9.79 Å². The molecule has 2 heterocycles. The molecule has 3 rings (SSSR count). The quantitative estimate of drug-likeness (QED) is 0.570. The molecule has 1 aromatic rings. The number of rotatable bonds is 4. The summed E-state index contributed by atoms with van der Waals surface area (Å²) in [4.78, 5) is 45.4. The Morgan fingerprint density at radius 3 is 2.33 bits per heavy atom. The molecule has 0 aromatic heterocycles. The fourth-order valence-electron chi connectivity index (χ4n) is 3.44. The van der Waals surface area contributed by atoms with E-state index in [0.717, 1.165) is 0 Å². The molecule has 30 heavy (non-hydrogen) atoms. The van der Waals surface area contributed by atoms with Crippen LogP contribution >= 0.6 is 11.6 Å². The first kappa shape index (κ1) is 21.9. The van der Waals surface area contributed by atoms with Crippen molar-refractivity contribution in [2.75, 3.05) is 39.4 Å². The van der Waals surface area contributed by atoms with E-state index in [4.69, 9.17) is 21.1 Å². The van der Waals surface area contributed by atoms with Crippen molar-refractivity contribution < 1.29 is 23.9 Å². The zero-order chi connectivity index (χ0) is 21.7. The van der Waals surface area contributed by atoms with Gasteiger partial charge in [0.1, 0.15) is 6.04 Å². The van der Waals surface area contributed by atoms with Gasteiger partial charge in [0.25, 0.3) is 0 Å². The number of hydrogen-bond acceptors (Lipinski definition) is 7. The summed E-state index contributed by atoms with van der Waals surface area (Å²) in [5.74, 6) is -1.80. The molecule has 162 valence electrons. The molecule has 1 saturated heterocycles. The highest BCUT2D eigenvalue weighted by Crippen LogP contribution is 2.31. The molecule has 2 amide bonds. The van der Waals surface area contributed by atoms with E-state index in [0.29, 0.717) is 49.3 Å². The number of carbonyl (C=O) groups excluding carboxylic acids is 3. The minimum atomic E-state index is -1.09. The van der Waals surface area contributed by atoms with Crippen molar-refractivity contribution in [3.8, 4) is 0 Å². The Hall–Kier alpha value is -2.81. The van der Waals surface area contributed by atoms with Crippen LogP contribution in [0.4, 0.5) is 4.79 Å². The average molecular weight is 437 g/mol. The van der Waals surface area contributed by atoms with Gasteiger partial charge in [-0.05, 0) is 31.5 Å². The van der Waals surface area contributed by atoms with Gasteiger partial charge in [0, 0.05) is 31.2 Å². The second-order valence-corrected chi connectivity index (χ2v) is 7.28. The van der Waals surface area contributed by atoms with Crippen molar-refractivity contribution in [3.05, 3.63) is 34.9 Å². The van der Waals surface area contributed by atoms with Gasteiger partial charge in [-0.15, -0.1) is 0 Å². The average Bonchev–Trinajstić information content (AvgIpc) is 2.74. The van der Waals surface area contributed by atoms with Crippen LogP contribution in [0.5, 0.6) is 0 Å². The van der Waals surface area contributed by atoms with E-state index in [1.807, 2.05) is 4.90 Å². The van der Waals surface area contributed by atoms with E-state index in [1.54, 1.807) is 43.0 Å². The third-order valence-corrected chi connectivity index (χ3v) is 5.20. The third-order valence-electron chi connectivity index (χ3n) is 4.95. The van der Waals surface area contributed by atoms with E-state index >= 15 is 0 Å². The molecular formula is C20H25ClN4O5. The van der Waals surface area contributed by atoms with Crippen molar-refractivity contribution in [2.45, 2.75) is 19.9 Å². The van der Waals surface area contributed by atoms with Crippen LogP contribution in [0, 0.1) is 5.92 Å². The summed E-state index contributed by atoms with van der Waals surface area (Å²) < 4.78 is 10.1. The standard InChI is InChI=1S/C20H25ClN4O5/c1-3-29-18(27)15-16(13-5-7-14(21)8-6-13)22-19(23-17(15)26)24-9-11-25(12-10-24)20(28)30-4-2/h5-8,15-16H,3-4,9-12H2,1-2H3,(H,22,23,26)/t15-,16+/m0/s1. The van der Waals surface area contributed by atoms with Crippen molar-refractivity contribution in [2.24, 2.45) is 10.9 Å². The minimum Gasteiger partial charge on any atom is -0.465 e. The summed E-state index contributed by atoms with van der Waals surface area (Å²) in [5.41, 5.74) is 0.690. The van der Waals surface area contributed by atoms with Gasteiger partial charge >= 0.3 is 12.1 Å². The summed E-state index contributed by atoms with van der Waals surface area (Å²) in [5, 5.41) is 3.28. The van der Waals surface area contributed by atoms with Crippen molar-refractivity contribution in [1.82, 2.24) is 15.1 Å². The fourth-order valence-corrected chi connectivity index (χ4v) is 3.57. The maximum absolute atomic E-state index is 12.8. The van der Waals surface area contributed by atoms with Crippen molar-refractivity contribution in [3.63, 3.8) is 0 Å². The molecule has 1 aromatic carbocycles. The van der Waals surface area contributed by atoms with Crippen molar-refractivity contribution in [1.29, 1.82) is 0 Å². The highest BCUT2D eigenvalue weighted by molar-refractivity contribution is 6.30. The van der Waals surface area contributed by atoms with Crippen LogP contribution in [0.15, 0.2) is 29.3 Å². The smallest absolute Gasteiger partial charge is 0.409 e. The van der Waals surface area contributed by atoms with Gasteiger partial charge in [-0.1, -0.05) is 23.7 Å². The first-order chi connectivity index (χ1) is 14.4. The number of ether oxygens (including phenoxy) is 2. The lowest BCUT2D eigenvalue weighted by Gasteiger charge is -2.38. The van der Waals surface area contributed by atoms with Gasteiger partial charge in [0.15, 0.2) is 5.92 Å². The minimum absolute atomic E-state index is 0.169. The SMILES string of the molecule is CCOC(=O)[C@@H]1C(=O)NC(N2CCN(C(=O)OCC)CC2)=N[C@@H]1c1ccc(Cl)cc1. The van der Waals surface area contributed by atoms with Gasteiger partial charge in [0.2, 0.25) is 11.9 Å². The zero-order valence-electron chi connectivity index (χ0n) is 17.0. The molecule has 1 fully saturated rings. The maximum Gasteiger partial charge on any atom is 0.409 e. The molecule has 10 heteroatoms. The number of nitrogens with zero attached hydrogens (tertiary/aromatic N) is 3. The van der Waals surface area contributed by atoms with Crippen LogP contribution < -0.4 is 5.32 Å². The highest BCUT2D eigenvalue weighted by atomic mass is 35.5. The highest BCUT2D eigenvalue weighted by Gasteiger charge is 2.42. The van der Waals surface area contributed by atoms with Crippen LogP contribution in [-0.2, 0) is 19.1 Å². The number of aliphatic imine (C=N–C) groups is 1. The summed E-state index contributed by atoms with van der Waals surface area (Å²) >= 11 is 5.98. The van der Waals surface area contributed by atoms with Gasteiger partial charge in [-0.3, -0.25) is 14.9 Å². The molecule has 9 nitrogen and oxygen atoms in total. The molecule has 0 unspecified atom stereocenters. The first-order valence-corrected chi connectivity index (χ1v) is 10.3. The number of esters is 1. The zero-order valence-corrected chi connectivity index (χ0v) is 17.7. The number of halogens is 1. The lowest BCUT2D eigenvalue weighted by Crippen LogP contribution is -2.58. The third kappa shape index (κ3) is 4.84. The normalized spacial score (nSPS) is 21.6. The van der Waals surface area contributed by atoms with Crippen LogP contribution in [0.25, 0.3) is 0 Å². The van der Waals surface area contributed by atoms with Crippen molar-refractivity contribution >= 4 is 35.5 Å². The van der Waals surface area contributed by atoms with Crippen LogP contribution in [0.1, 0.15) is 25.5 Å². The first-order valence-electron chi connectivity index (χ1n) is 9.92. The number of nitrogens with one attached hydrogen (secondary N) is 1. The van der Waals surface area contributed by atoms with E-state index in [9.17, 15) is 14.4 Å². The molecule has 2 aliphatic rings. The Kier molecular flexibility index (Phi) is 7.15. The Bertz CT molecular complexity index is 821.